The fraction of sp³-hybridized carbons (Fsp3) is 0.417. The summed E-state index contributed by atoms with van der Waals surface area (Å²) in [6, 6.07) is 15.7. The fourth-order valence-electron chi connectivity index (χ4n) is 3.90. The lowest BCUT2D eigenvalue weighted by atomic mass is 9.90. The summed E-state index contributed by atoms with van der Waals surface area (Å²) in [5.41, 5.74) is 3.65. The first-order valence-corrected chi connectivity index (χ1v) is 10.1. The van der Waals surface area contributed by atoms with Crippen LogP contribution in [0.5, 0.6) is 11.5 Å². The summed E-state index contributed by atoms with van der Waals surface area (Å²) in [6.45, 7) is 5.61. The highest BCUT2D eigenvalue weighted by Crippen LogP contribution is 2.30. The number of aromatic hydroxyl groups is 2. The Balaban J connectivity index is 1.42. The van der Waals surface area contributed by atoms with Gasteiger partial charge in [-0.05, 0) is 55.7 Å². The van der Waals surface area contributed by atoms with Crippen molar-refractivity contribution in [2.75, 3.05) is 19.6 Å². The smallest absolute Gasteiger partial charge is 0.122 e. The number of hydrogen-bond donors (Lipinski definition) is 2. The molecule has 0 aliphatic carbocycles. The molecule has 1 heterocycles. The van der Waals surface area contributed by atoms with E-state index in [1.165, 1.54) is 5.56 Å². The largest absolute Gasteiger partial charge is 0.508 e. The molecule has 0 aromatic heterocycles. The third-order valence-electron chi connectivity index (χ3n) is 5.71. The lowest BCUT2D eigenvalue weighted by Gasteiger charge is -2.28. The minimum Gasteiger partial charge on any atom is -0.508 e. The van der Waals surface area contributed by atoms with E-state index in [2.05, 4.69) is 48.2 Å². The topological polar surface area (TPSA) is 43.7 Å². The molecule has 0 radical (unpaired) electrons. The van der Waals surface area contributed by atoms with Gasteiger partial charge in [0.25, 0.3) is 0 Å². The van der Waals surface area contributed by atoms with Gasteiger partial charge in [-0.15, -0.1) is 0 Å². The molecule has 2 N–H and O–H groups in total. The van der Waals surface area contributed by atoms with Crippen molar-refractivity contribution in [1.29, 1.82) is 0 Å². The molecule has 1 unspecified atom stereocenters. The van der Waals surface area contributed by atoms with Crippen LogP contribution in [0.15, 0.2) is 60.2 Å². The van der Waals surface area contributed by atoms with Crippen molar-refractivity contribution in [3.05, 3.63) is 71.3 Å². The second-order valence-corrected chi connectivity index (χ2v) is 7.63. The third kappa shape index (κ3) is 5.61. The van der Waals surface area contributed by atoms with Crippen LogP contribution in [0, 0.1) is 5.92 Å². The van der Waals surface area contributed by atoms with Crippen LogP contribution >= 0.6 is 0 Å². The predicted molar refractivity (Wildman–Crippen MR) is 111 cm³/mol. The lowest BCUT2D eigenvalue weighted by Crippen LogP contribution is -2.31. The van der Waals surface area contributed by atoms with Crippen LogP contribution in [0.4, 0.5) is 0 Å². The zero-order valence-corrected chi connectivity index (χ0v) is 16.3. The van der Waals surface area contributed by atoms with Crippen molar-refractivity contribution in [3.8, 4) is 11.5 Å². The van der Waals surface area contributed by atoms with Crippen LogP contribution in [-0.4, -0.2) is 34.7 Å². The van der Waals surface area contributed by atoms with Gasteiger partial charge in [-0.3, -0.25) is 4.90 Å². The first-order valence-electron chi connectivity index (χ1n) is 10.1. The molecule has 1 aliphatic heterocycles. The number of rotatable bonds is 8. The predicted octanol–water partition coefficient (Wildman–Crippen LogP) is 4.93. The lowest BCUT2D eigenvalue weighted by molar-refractivity contribution is 0.290. The summed E-state index contributed by atoms with van der Waals surface area (Å²) in [6.07, 6.45) is 7.46. The molecule has 27 heavy (non-hydrogen) atoms. The van der Waals surface area contributed by atoms with Crippen molar-refractivity contribution in [2.24, 2.45) is 5.92 Å². The van der Waals surface area contributed by atoms with E-state index in [1.54, 1.807) is 23.8 Å². The van der Waals surface area contributed by atoms with Crippen LogP contribution in [0.2, 0.25) is 0 Å². The third-order valence-corrected chi connectivity index (χ3v) is 5.71. The molecule has 3 heteroatoms. The summed E-state index contributed by atoms with van der Waals surface area (Å²) >= 11 is 0. The molecule has 1 aliphatic rings. The number of nitrogens with zero attached hydrogens (tertiary/aromatic N) is 1. The fourth-order valence-corrected chi connectivity index (χ4v) is 3.90. The molecular formula is C24H31NO2. The van der Waals surface area contributed by atoms with Gasteiger partial charge in [-0.2, -0.15) is 0 Å². The molecule has 0 fully saturated rings. The van der Waals surface area contributed by atoms with E-state index < -0.39 is 0 Å². The average Bonchev–Trinajstić information content (AvgIpc) is 2.70. The zero-order valence-electron chi connectivity index (χ0n) is 16.3. The molecule has 144 valence electrons. The highest BCUT2D eigenvalue weighted by atomic mass is 16.3. The molecular weight excluding hydrogens is 334 g/mol. The van der Waals surface area contributed by atoms with Gasteiger partial charge in [0.2, 0.25) is 0 Å². The van der Waals surface area contributed by atoms with Gasteiger partial charge >= 0.3 is 0 Å². The van der Waals surface area contributed by atoms with Crippen molar-refractivity contribution in [3.63, 3.8) is 0 Å². The van der Waals surface area contributed by atoms with E-state index >= 15 is 0 Å². The van der Waals surface area contributed by atoms with Crippen molar-refractivity contribution in [1.82, 2.24) is 4.90 Å². The molecule has 2 aromatic carbocycles. The van der Waals surface area contributed by atoms with Crippen molar-refractivity contribution >= 4 is 0 Å². The minimum absolute atomic E-state index is 0.202. The maximum absolute atomic E-state index is 9.89. The summed E-state index contributed by atoms with van der Waals surface area (Å²) < 4.78 is 0. The van der Waals surface area contributed by atoms with Crippen LogP contribution in [0.25, 0.3) is 0 Å². The Bertz CT molecular complexity index is 734. The SMILES string of the molecule is CC(CCCc1c(O)cccc1O)C1=CCN(CCc2ccccc2)CC1. The first kappa shape index (κ1) is 19.5. The Hall–Kier alpha value is -2.26. The second kappa shape index (κ2) is 9.61. The maximum Gasteiger partial charge on any atom is 0.122 e. The number of phenols is 2. The Morgan fingerprint density at radius 3 is 2.37 bits per heavy atom. The van der Waals surface area contributed by atoms with E-state index in [9.17, 15) is 10.2 Å². The quantitative estimate of drug-likeness (QED) is 0.652. The Morgan fingerprint density at radius 1 is 0.963 bits per heavy atom. The highest BCUT2D eigenvalue weighted by molar-refractivity contribution is 5.42. The Labute approximate surface area is 163 Å². The van der Waals surface area contributed by atoms with Gasteiger partial charge in [-0.25, -0.2) is 0 Å². The molecule has 0 amide bonds. The molecule has 0 saturated heterocycles. The van der Waals surface area contributed by atoms with Crippen LogP contribution in [-0.2, 0) is 12.8 Å². The number of phenolic OH excluding ortho intramolecular Hbond substituents is 2. The van der Waals surface area contributed by atoms with E-state index in [1.807, 2.05) is 0 Å². The minimum atomic E-state index is 0.202. The summed E-state index contributed by atoms with van der Waals surface area (Å²) in [7, 11) is 0. The van der Waals surface area contributed by atoms with Crippen LogP contribution in [0.3, 0.4) is 0 Å². The normalized spacial score (nSPS) is 16.1. The van der Waals surface area contributed by atoms with Gasteiger partial charge in [0.15, 0.2) is 0 Å². The first-order chi connectivity index (χ1) is 13.1. The molecule has 0 bridgehead atoms. The average molecular weight is 366 g/mol. The van der Waals surface area contributed by atoms with Gasteiger partial charge in [0, 0.05) is 25.2 Å². The van der Waals surface area contributed by atoms with Crippen LogP contribution in [0.1, 0.15) is 37.3 Å². The monoisotopic (exact) mass is 365 g/mol. The molecule has 1 atom stereocenters. The summed E-state index contributed by atoms with van der Waals surface area (Å²) in [5.74, 6) is 0.969. The molecule has 2 aromatic rings. The molecule has 0 saturated carbocycles. The number of benzene rings is 2. The summed E-state index contributed by atoms with van der Waals surface area (Å²) in [4.78, 5) is 2.53. The van der Waals surface area contributed by atoms with Crippen LogP contribution < -0.4 is 0 Å². The zero-order chi connectivity index (χ0) is 19.1. The van der Waals surface area contributed by atoms with Gasteiger partial charge in [0.1, 0.15) is 11.5 Å². The summed E-state index contributed by atoms with van der Waals surface area (Å²) in [5, 5.41) is 19.8. The van der Waals surface area contributed by atoms with Gasteiger partial charge in [-0.1, -0.05) is 55.0 Å². The van der Waals surface area contributed by atoms with E-state index in [0.717, 1.165) is 51.7 Å². The highest BCUT2D eigenvalue weighted by Gasteiger charge is 2.16. The molecule has 0 spiro atoms. The maximum atomic E-state index is 9.89. The van der Waals surface area contributed by atoms with E-state index in [-0.39, 0.29) is 11.5 Å². The van der Waals surface area contributed by atoms with E-state index in [4.69, 9.17) is 0 Å². The Morgan fingerprint density at radius 2 is 1.70 bits per heavy atom. The van der Waals surface area contributed by atoms with Crippen molar-refractivity contribution in [2.45, 2.75) is 39.0 Å². The second-order valence-electron chi connectivity index (χ2n) is 7.63. The van der Waals surface area contributed by atoms with Gasteiger partial charge in [0.05, 0.1) is 0 Å². The number of hydrogen-bond acceptors (Lipinski definition) is 3. The Kier molecular flexibility index (Phi) is 6.94. The molecule has 3 nitrogen and oxygen atoms in total. The standard InChI is InChI=1S/C24H31NO2/c1-19(7-5-10-22-23(26)11-6-12-24(22)27)21-14-17-25(18-15-21)16-13-20-8-3-2-4-9-20/h2-4,6,8-9,11-12,14,19,26-27H,5,7,10,13,15-18H2,1H3. The van der Waals surface area contributed by atoms with Crippen molar-refractivity contribution < 1.29 is 10.2 Å². The van der Waals surface area contributed by atoms with Gasteiger partial charge < -0.3 is 10.2 Å². The molecule has 3 rings (SSSR count). The van der Waals surface area contributed by atoms with E-state index in [0.29, 0.717) is 11.5 Å².